The summed E-state index contributed by atoms with van der Waals surface area (Å²) >= 11 is 0. The number of rotatable bonds is 16. The molecular weight excluding hydrogens is 471 g/mol. The number of unbranched alkanes of at least 4 members (excludes halogenated alkanes) is 2. The summed E-state index contributed by atoms with van der Waals surface area (Å²) < 4.78 is 23.4. The van der Waals surface area contributed by atoms with E-state index in [0.717, 1.165) is 16.9 Å². The lowest BCUT2D eigenvalue weighted by Crippen LogP contribution is -2.43. The molecular formula is C25H35N2O7P. The van der Waals surface area contributed by atoms with E-state index in [-0.39, 0.29) is 12.6 Å². The lowest BCUT2D eigenvalue weighted by Gasteiger charge is -2.27. The number of anilines is 1. The maximum atomic E-state index is 13.4. The number of carboxylic acids is 1. The highest BCUT2D eigenvalue weighted by atomic mass is 31.2. The topological polar surface area (TPSA) is 139 Å². The first-order valence-corrected chi connectivity index (χ1v) is 13.4. The Morgan fingerprint density at radius 2 is 1.71 bits per heavy atom. The number of methoxy groups -OCH3 is 1. The summed E-state index contributed by atoms with van der Waals surface area (Å²) in [5.74, 6) is -1.36. The van der Waals surface area contributed by atoms with Crippen molar-refractivity contribution in [2.24, 2.45) is 5.73 Å². The van der Waals surface area contributed by atoms with E-state index in [9.17, 15) is 24.2 Å². The number of carbonyl (C=O) groups excluding carboxylic acids is 1. The fraction of sp³-hybridized carbons (Fsp3) is 0.440. The van der Waals surface area contributed by atoms with Crippen molar-refractivity contribution in [1.29, 1.82) is 0 Å². The second kappa shape index (κ2) is 14.6. The number of aryl methyl sites for hydroxylation is 1. The molecule has 2 aromatic carbocycles. The third-order valence-electron chi connectivity index (χ3n) is 5.43. The number of amides is 1. The Morgan fingerprint density at radius 3 is 2.31 bits per heavy atom. The van der Waals surface area contributed by atoms with Crippen molar-refractivity contribution in [1.82, 2.24) is 0 Å². The minimum Gasteiger partial charge on any atom is -0.497 e. The molecule has 0 bridgehead atoms. The molecule has 1 unspecified atom stereocenters. The minimum atomic E-state index is -4.10. The molecule has 0 spiro atoms. The number of benzene rings is 2. The Hall–Kier alpha value is -2.71. The van der Waals surface area contributed by atoms with Crippen LogP contribution in [0.5, 0.6) is 5.75 Å². The van der Waals surface area contributed by atoms with Crippen LogP contribution in [0.3, 0.4) is 0 Å². The molecule has 10 heteroatoms. The van der Waals surface area contributed by atoms with Gasteiger partial charge < -0.3 is 20.5 Å². The number of hydrogen-bond acceptors (Lipinski definition) is 6. The SMILES string of the molecule is COc1ccc(N(CC(=O)O)C(=O)[C@H](CCCCN)OP(=O)(O)CCCCc2ccccc2)cc1. The third kappa shape index (κ3) is 10.2. The first kappa shape index (κ1) is 28.5. The Balaban J connectivity index is 2.11. The molecule has 2 atom stereocenters. The summed E-state index contributed by atoms with van der Waals surface area (Å²) in [6.45, 7) is -0.219. The van der Waals surface area contributed by atoms with Crippen molar-refractivity contribution in [3.8, 4) is 5.75 Å². The molecule has 2 aromatic rings. The van der Waals surface area contributed by atoms with Gasteiger partial charge in [-0.1, -0.05) is 30.3 Å². The van der Waals surface area contributed by atoms with Crippen LogP contribution in [0.2, 0.25) is 0 Å². The molecule has 0 saturated carbocycles. The van der Waals surface area contributed by atoms with E-state index in [4.69, 9.17) is 15.0 Å². The van der Waals surface area contributed by atoms with Gasteiger partial charge in [-0.15, -0.1) is 0 Å². The first-order valence-electron chi connectivity index (χ1n) is 11.7. The minimum absolute atomic E-state index is 0.0953. The Kier molecular flexibility index (Phi) is 11.9. The summed E-state index contributed by atoms with van der Waals surface area (Å²) in [6.07, 6.45) is 1.78. The average Bonchev–Trinajstić information content (AvgIpc) is 2.85. The zero-order chi connectivity index (χ0) is 25.7. The predicted octanol–water partition coefficient (Wildman–Crippen LogP) is 3.84. The normalized spacial score (nSPS) is 13.6. The molecule has 1 amide bonds. The highest BCUT2D eigenvalue weighted by Crippen LogP contribution is 2.45. The summed E-state index contributed by atoms with van der Waals surface area (Å²) in [6, 6.07) is 16.1. The number of nitrogens with zero attached hydrogens (tertiary/aromatic N) is 1. The monoisotopic (exact) mass is 506 g/mol. The van der Waals surface area contributed by atoms with Crippen molar-refractivity contribution in [3.05, 3.63) is 60.2 Å². The lowest BCUT2D eigenvalue weighted by molar-refractivity contribution is -0.137. The van der Waals surface area contributed by atoms with Gasteiger partial charge in [-0.3, -0.25) is 23.6 Å². The maximum Gasteiger partial charge on any atom is 0.328 e. The van der Waals surface area contributed by atoms with Gasteiger partial charge in [0.05, 0.1) is 13.3 Å². The van der Waals surface area contributed by atoms with Gasteiger partial charge in [0.15, 0.2) is 0 Å². The molecule has 0 saturated heterocycles. The van der Waals surface area contributed by atoms with Crippen LogP contribution in [0, 0.1) is 0 Å². The van der Waals surface area contributed by atoms with Crippen LogP contribution < -0.4 is 15.4 Å². The Bertz CT molecular complexity index is 970. The van der Waals surface area contributed by atoms with Crippen molar-refractivity contribution >= 4 is 25.2 Å². The van der Waals surface area contributed by atoms with Gasteiger partial charge in [-0.2, -0.15) is 0 Å². The van der Waals surface area contributed by atoms with Gasteiger partial charge in [0.1, 0.15) is 18.4 Å². The molecule has 0 aromatic heterocycles. The van der Waals surface area contributed by atoms with Gasteiger partial charge in [0.25, 0.3) is 5.91 Å². The second-order valence-corrected chi connectivity index (χ2v) is 10.1. The summed E-state index contributed by atoms with van der Waals surface area (Å²) in [5, 5.41) is 9.38. The number of nitrogens with two attached hydrogens (primary N) is 1. The number of carboxylic acid groups (broad SMARTS) is 1. The Labute approximate surface area is 206 Å². The summed E-state index contributed by atoms with van der Waals surface area (Å²) in [4.78, 5) is 36.4. The molecule has 0 fully saturated rings. The summed E-state index contributed by atoms with van der Waals surface area (Å²) in [5.41, 5.74) is 7.02. The zero-order valence-electron chi connectivity index (χ0n) is 20.0. The van der Waals surface area contributed by atoms with Crippen LogP contribution in [0.25, 0.3) is 0 Å². The zero-order valence-corrected chi connectivity index (χ0v) is 20.9. The van der Waals surface area contributed by atoms with Crippen LogP contribution >= 0.6 is 7.60 Å². The molecule has 0 aliphatic rings. The van der Waals surface area contributed by atoms with Gasteiger partial charge >= 0.3 is 13.6 Å². The van der Waals surface area contributed by atoms with Gasteiger partial charge in [0, 0.05) is 5.69 Å². The smallest absolute Gasteiger partial charge is 0.328 e. The first-order chi connectivity index (χ1) is 16.8. The third-order valence-corrected chi connectivity index (χ3v) is 6.90. The van der Waals surface area contributed by atoms with Crippen LogP contribution in [-0.2, 0) is 25.1 Å². The van der Waals surface area contributed by atoms with E-state index < -0.39 is 32.1 Å². The van der Waals surface area contributed by atoms with Crippen LogP contribution in [0.15, 0.2) is 54.6 Å². The van der Waals surface area contributed by atoms with Crippen molar-refractivity contribution < 1.29 is 33.4 Å². The molecule has 4 N–H and O–H groups in total. The maximum absolute atomic E-state index is 13.4. The van der Waals surface area contributed by atoms with E-state index in [0.29, 0.717) is 43.7 Å². The fourth-order valence-electron chi connectivity index (χ4n) is 3.60. The van der Waals surface area contributed by atoms with Gasteiger partial charge in [-0.05, 0) is 74.9 Å². The number of carbonyl (C=O) groups is 2. The predicted molar refractivity (Wildman–Crippen MR) is 135 cm³/mol. The van der Waals surface area contributed by atoms with Crippen LogP contribution in [-0.4, -0.2) is 54.3 Å². The van der Waals surface area contributed by atoms with Crippen molar-refractivity contribution in [2.45, 2.75) is 44.6 Å². The molecule has 192 valence electrons. The lowest BCUT2D eigenvalue weighted by atomic mass is 10.1. The molecule has 35 heavy (non-hydrogen) atoms. The van der Waals surface area contributed by atoms with E-state index in [1.165, 1.54) is 7.11 Å². The molecule has 2 rings (SSSR count). The van der Waals surface area contributed by atoms with E-state index >= 15 is 0 Å². The quantitative estimate of drug-likeness (QED) is 0.231. The largest absolute Gasteiger partial charge is 0.497 e. The average molecular weight is 507 g/mol. The molecule has 0 heterocycles. The highest BCUT2D eigenvalue weighted by Gasteiger charge is 2.33. The van der Waals surface area contributed by atoms with Gasteiger partial charge in [0.2, 0.25) is 0 Å². The van der Waals surface area contributed by atoms with Crippen LogP contribution in [0.4, 0.5) is 5.69 Å². The number of aliphatic carboxylic acids is 1. The second-order valence-electron chi connectivity index (χ2n) is 8.20. The fourth-order valence-corrected chi connectivity index (χ4v) is 4.92. The van der Waals surface area contributed by atoms with E-state index in [1.54, 1.807) is 24.3 Å². The number of ether oxygens (including phenoxy) is 1. The van der Waals surface area contributed by atoms with E-state index in [2.05, 4.69) is 0 Å². The number of hydrogen-bond donors (Lipinski definition) is 3. The molecule has 0 radical (unpaired) electrons. The van der Waals surface area contributed by atoms with Gasteiger partial charge in [-0.25, -0.2) is 0 Å². The standard InChI is InChI=1S/C25H35N2O7P/c1-33-22-15-13-21(14-16-22)27(19-24(28)29)25(30)23(12-5-7-17-26)34-35(31,32)18-8-6-11-20-9-3-2-4-10-20/h2-4,9-10,13-16,23H,5-8,11-12,17-19,26H2,1H3,(H,28,29)(H,31,32)/t23-/m0/s1. The van der Waals surface area contributed by atoms with E-state index in [1.807, 2.05) is 30.3 Å². The van der Waals surface area contributed by atoms with Crippen molar-refractivity contribution in [3.63, 3.8) is 0 Å². The summed E-state index contributed by atoms with van der Waals surface area (Å²) in [7, 11) is -2.60. The van der Waals surface area contributed by atoms with Crippen LogP contribution in [0.1, 0.15) is 37.7 Å². The molecule has 0 aliphatic carbocycles. The molecule has 9 nitrogen and oxygen atoms in total. The highest BCUT2D eigenvalue weighted by molar-refractivity contribution is 7.52. The Morgan fingerprint density at radius 1 is 1.03 bits per heavy atom. The molecule has 0 aliphatic heterocycles. The van der Waals surface area contributed by atoms with Crippen molar-refractivity contribution in [2.75, 3.05) is 31.3 Å².